The molecule has 196 valence electrons. The molecule has 0 saturated heterocycles. The van der Waals surface area contributed by atoms with E-state index in [0.29, 0.717) is 34.1 Å². The third kappa shape index (κ3) is 7.33. The second-order valence-corrected chi connectivity index (χ2v) is 9.46. The summed E-state index contributed by atoms with van der Waals surface area (Å²) in [6.45, 7) is 1.76. The lowest BCUT2D eigenvalue weighted by molar-refractivity contribution is -0.137. The SMILES string of the molecule is CCC(Sc1cccc(NC(=O)c2ccc(OC)c(OC)c2)c1)C(=O)Nc1ccc(Cl)cc1C(F)(F)F. The molecule has 0 radical (unpaired) electrons. The van der Waals surface area contributed by atoms with Crippen molar-refractivity contribution in [3.8, 4) is 11.5 Å². The zero-order valence-corrected chi connectivity index (χ0v) is 21.7. The highest BCUT2D eigenvalue weighted by atomic mass is 35.5. The monoisotopic (exact) mass is 552 g/mol. The van der Waals surface area contributed by atoms with Crippen molar-refractivity contribution in [3.05, 3.63) is 76.8 Å². The van der Waals surface area contributed by atoms with Crippen molar-refractivity contribution in [2.45, 2.75) is 29.7 Å². The summed E-state index contributed by atoms with van der Waals surface area (Å²) in [6.07, 6.45) is -4.32. The van der Waals surface area contributed by atoms with Crippen molar-refractivity contribution in [2.75, 3.05) is 24.9 Å². The number of anilines is 2. The molecule has 3 aromatic carbocycles. The van der Waals surface area contributed by atoms with Gasteiger partial charge in [-0.2, -0.15) is 13.2 Å². The van der Waals surface area contributed by atoms with Crippen LogP contribution in [0.5, 0.6) is 11.5 Å². The van der Waals surface area contributed by atoms with Gasteiger partial charge in [0.2, 0.25) is 5.91 Å². The maximum Gasteiger partial charge on any atom is 0.418 e. The number of amides is 2. The lowest BCUT2D eigenvalue weighted by atomic mass is 10.1. The van der Waals surface area contributed by atoms with Crippen LogP contribution in [0.25, 0.3) is 0 Å². The highest BCUT2D eigenvalue weighted by molar-refractivity contribution is 8.00. The van der Waals surface area contributed by atoms with Crippen LogP contribution in [-0.2, 0) is 11.0 Å². The van der Waals surface area contributed by atoms with Crippen LogP contribution >= 0.6 is 23.4 Å². The second-order valence-electron chi connectivity index (χ2n) is 7.74. The summed E-state index contributed by atoms with van der Waals surface area (Å²) >= 11 is 6.89. The van der Waals surface area contributed by atoms with Gasteiger partial charge in [-0.1, -0.05) is 24.6 Å². The van der Waals surface area contributed by atoms with Gasteiger partial charge in [0.15, 0.2) is 11.5 Å². The lowest BCUT2D eigenvalue weighted by Crippen LogP contribution is -2.26. The van der Waals surface area contributed by atoms with Crippen LogP contribution in [0.3, 0.4) is 0 Å². The minimum atomic E-state index is -4.68. The number of hydrogen-bond acceptors (Lipinski definition) is 5. The summed E-state index contributed by atoms with van der Waals surface area (Å²) in [7, 11) is 2.96. The highest BCUT2D eigenvalue weighted by Crippen LogP contribution is 2.37. The van der Waals surface area contributed by atoms with E-state index in [1.165, 1.54) is 32.0 Å². The zero-order valence-electron chi connectivity index (χ0n) is 20.1. The summed E-state index contributed by atoms with van der Waals surface area (Å²) in [5.41, 5.74) is -0.549. The largest absolute Gasteiger partial charge is 0.493 e. The van der Waals surface area contributed by atoms with Crippen LogP contribution in [0.4, 0.5) is 24.5 Å². The molecule has 0 fully saturated rings. The Morgan fingerprint density at radius 1 is 0.973 bits per heavy atom. The second kappa shape index (κ2) is 12.2. The number of benzene rings is 3. The Kier molecular flexibility index (Phi) is 9.34. The van der Waals surface area contributed by atoms with E-state index in [-0.39, 0.29) is 16.6 Å². The number of thioether (sulfide) groups is 1. The molecule has 0 aromatic heterocycles. The third-order valence-corrected chi connectivity index (χ3v) is 6.82. The summed E-state index contributed by atoms with van der Waals surface area (Å²) < 4.78 is 50.6. The fraction of sp³-hybridized carbons (Fsp3) is 0.231. The quantitative estimate of drug-likeness (QED) is 0.276. The van der Waals surface area contributed by atoms with Gasteiger partial charge in [-0.25, -0.2) is 0 Å². The predicted molar refractivity (Wildman–Crippen MR) is 139 cm³/mol. The van der Waals surface area contributed by atoms with E-state index in [0.717, 1.165) is 12.1 Å². The number of hydrogen-bond donors (Lipinski definition) is 2. The van der Waals surface area contributed by atoms with E-state index in [4.69, 9.17) is 21.1 Å². The number of methoxy groups -OCH3 is 2. The smallest absolute Gasteiger partial charge is 0.418 e. The van der Waals surface area contributed by atoms with Gasteiger partial charge >= 0.3 is 6.18 Å². The molecule has 2 N–H and O–H groups in total. The summed E-state index contributed by atoms with van der Waals surface area (Å²) in [6, 6.07) is 14.8. The molecule has 3 aromatic rings. The first-order chi connectivity index (χ1) is 17.5. The first kappa shape index (κ1) is 28.2. The fourth-order valence-corrected chi connectivity index (χ4v) is 4.57. The number of carbonyl (C=O) groups excluding carboxylic acids is 2. The van der Waals surface area contributed by atoms with Crippen LogP contribution in [0, 0.1) is 0 Å². The average Bonchev–Trinajstić information content (AvgIpc) is 2.87. The Bertz CT molecular complexity index is 1290. The maximum atomic E-state index is 13.4. The molecule has 37 heavy (non-hydrogen) atoms. The summed E-state index contributed by atoms with van der Waals surface area (Å²) in [4.78, 5) is 26.2. The number of carbonyl (C=O) groups is 2. The summed E-state index contributed by atoms with van der Waals surface area (Å²) in [5, 5.41) is 4.39. The molecular formula is C26H24ClF3N2O4S. The molecule has 0 spiro atoms. The van der Waals surface area contributed by atoms with E-state index in [1.807, 2.05) is 0 Å². The number of alkyl halides is 3. The van der Waals surface area contributed by atoms with Gasteiger partial charge in [-0.15, -0.1) is 11.8 Å². The molecule has 0 aliphatic heterocycles. The van der Waals surface area contributed by atoms with Gasteiger partial charge in [0.1, 0.15) is 0 Å². The van der Waals surface area contributed by atoms with Crippen molar-refractivity contribution in [3.63, 3.8) is 0 Å². The minimum Gasteiger partial charge on any atom is -0.493 e. The molecule has 0 bridgehead atoms. The molecule has 0 aliphatic rings. The average molecular weight is 553 g/mol. The van der Waals surface area contributed by atoms with E-state index < -0.39 is 22.9 Å². The fourth-order valence-electron chi connectivity index (χ4n) is 3.39. The first-order valence-electron chi connectivity index (χ1n) is 11.0. The molecule has 11 heteroatoms. The first-order valence-corrected chi connectivity index (χ1v) is 12.3. The highest BCUT2D eigenvalue weighted by Gasteiger charge is 2.34. The van der Waals surface area contributed by atoms with Gasteiger partial charge in [0.25, 0.3) is 5.91 Å². The molecule has 1 atom stereocenters. The molecule has 0 aliphatic carbocycles. The van der Waals surface area contributed by atoms with Crippen molar-refractivity contribution < 1.29 is 32.2 Å². The van der Waals surface area contributed by atoms with Crippen molar-refractivity contribution in [2.24, 2.45) is 0 Å². The van der Waals surface area contributed by atoms with E-state index in [1.54, 1.807) is 49.4 Å². The molecule has 0 heterocycles. The molecule has 3 rings (SSSR count). The molecule has 2 amide bonds. The van der Waals surface area contributed by atoms with Gasteiger partial charge in [0.05, 0.1) is 30.7 Å². The number of nitrogens with one attached hydrogen (secondary N) is 2. The van der Waals surface area contributed by atoms with Crippen LogP contribution < -0.4 is 20.1 Å². The van der Waals surface area contributed by atoms with Gasteiger partial charge < -0.3 is 20.1 Å². The van der Waals surface area contributed by atoms with Crippen molar-refractivity contribution in [1.82, 2.24) is 0 Å². The van der Waals surface area contributed by atoms with Crippen LogP contribution in [0.1, 0.15) is 29.3 Å². The van der Waals surface area contributed by atoms with Crippen LogP contribution in [0.15, 0.2) is 65.6 Å². The van der Waals surface area contributed by atoms with Gasteiger partial charge in [-0.3, -0.25) is 9.59 Å². The normalized spacial score (nSPS) is 12.0. The number of rotatable bonds is 9. The Labute approximate surface area is 221 Å². The Balaban J connectivity index is 1.73. The molecule has 0 saturated carbocycles. The lowest BCUT2D eigenvalue weighted by Gasteiger charge is -2.18. The van der Waals surface area contributed by atoms with E-state index in [2.05, 4.69) is 10.6 Å². The summed E-state index contributed by atoms with van der Waals surface area (Å²) in [5.74, 6) is -0.0664. The standard InChI is InChI=1S/C26H24ClF3N2O4S/c1-4-23(25(34)32-20-10-9-16(27)13-19(20)26(28,29)30)37-18-7-5-6-17(14-18)31-24(33)15-8-11-21(35-2)22(12-15)36-3/h5-14,23H,4H2,1-3H3,(H,31,33)(H,32,34). The third-order valence-electron chi connectivity index (χ3n) is 5.22. The Hall–Kier alpha value is -3.37. The van der Waals surface area contributed by atoms with E-state index >= 15 is 0 Å². The van der Waals surface area contributed by atoms with Crippen LogP contribution in [0.2, 0.25) is 5.02 Å². The number of halogens is 4. The van der Waals surface area contributed by atoms with Crippen LogP contribution in [-0.4, -0.2) is 31.3 Å². The predicted octanol–water partition coefficient (Wildman–Crippen LogP) is 7.14. The Morgan fingerprint density at radius 2 is 1.70 bits per heavy atom. The van der Waals surface area contributed by atoms with Crippen molar-refractivity contribution >= 4 is 46.6 Å². The topological polar surface area (TPSA) is 76.7 Å². The van der Waals surface area contributed by atoms with Crippen molar-refractivity contribution in [1.29, 1.82) is 0 Å². The van der Waals surface area contributed by atoms with Gasteiger partial charge in [-0.05, 0) is 61.0 Å². The number of ether oxygens (including phenoxy) is 2. The minimum absolute atomic E-state index is 0.0845. The molecular weight excluding hydrogens is 529 g/mol. The zero-order chi connectivity index (χ0) is 27.2. The van der Waals surface area contributed by atoms with Gasteiger partial charge in [0, 0.05) is 21.2 Å². The maximum absolute atomic E-state index is 13.4. The molecule has 1 unspecified atom stereocenters. The Morgan fingerprint density at radius 3 is 2.35 bits per heavy atom. The molecule has 6 nitrogen and oxygen atoms in total. The van der Waals surface area contributed by atoms with E-state index in [9.17, 15) is 22.8 Å².